The number of rotatable bonds is 3. The number of hydrogen-bond donors (Lipinski definition) is 0. The molecule has 0 unspecified atom stereocenters. The van der Waals surface area contributed by atoms with Gasteiger partial charge in [0.15, 0.2) is 11.6 Å². The van der Waals surface area contributed by atoms with Crippen LogP contribution in [-0.2, 0) is 0 Å². The fourth-order valence-corrected chi connectivity index (χ4v) is 1.06. The lowest BCUT2D eigenvalue weighted by molar-refractivity contribution is 0.112. The molecule has 1 aromatic carbocycles. The lowest BCUT2D eigenvalue weighted by atomic mass is 10.1. The van der Waals surface area contributed by atoms with E-state index in [1.54, 1.807) is 13.8 Å². The van der Waals surface area contributed by atoms with E-state index in [2.05, 4.69) is 0 Å². The highest BCUT2D eigenvalue weighted by Crippen LogP contribution is 2.20. The number of halogens is 1. The van der Waals surface area contributed by atoms with Crippen molar-refractivity contribution in [3.63, 3.8) is 0 Å². The van der Waals surface area contributed by atoms with Gasteiger partial charge in [0.1, 0.15) is 6.29 Å². The molecule has 1 aromatic rings. The Kier molecular flexibility index (Phi) is 3.01. The van der Waals surface area contributed by atoms with Crippen LogP contribution in [0.25, 0.3) is 0 Å². The molecule has 0 fully saturated rings. The predicted molar refractivity (Wildman–Crippen MR) is 47.7 cm³/mol. The Morgan fingerprint density at radius 1 is 1.54 bits per heavy atom. The summed E-state index contributed by atoms with van der Waals surface area (Å²) < 4.78 is 18.1. The summed E-state index contributed by atoms with van der Waals surface area (Å²) in [6.07, 6.45) is 0.692. The highest BCUT2D eigenvalue weighted by Gasteiger charge is 2.06. The summed E-state index contributed by atoms with van der Waals surface area (Å²) in [5.41, 5.74) is 1.08. The van der Waals surface area contributed by atoms with Crippen LogP contribution in [0.15, 0.2) is 12.1 Å². The molecule has 1 rings (SSSR count). The SMILES string of the molecule is CCOc1cc(C=O)c(C)cc1F. The molecule has 0 spiro atoms. The zero-order valence-electron chi connectivity index (χ0n) is 7.63. The highest BCUT2D eigenvalue weighted by atomic mass is 19.1. The minimum absolute atomic E-state index is 0.134. The first-order valence-corrected chi connectivity index (χ1v) is 4.07. The lowest BCUT2D eigenvalue weighted by Gasteiger charge is -2.06. The van der Waals surface area contributed by atoms with Gasteiger partial charge in [-0.15, -0.1) is 0 Å². The number of hydrogen-bond acceptors (Lipinski definition) is 2. The normalized spacial score (nSPS) is 9.77. The van der Waals surface area contributed by atoms with Crippen molar-refractivity contribution in [2.24, 2.45) is 0 Å². The summed E-state index contributed by atoms with van der Waals surface area (Å²) in [5, 5.41) is 0. The van der Waals surface area contributed by atoms with E-state index in [1.807, 2.05) is 0 Å². The molecule has 0 aromatic heterocycles. The molecule has 0 aliphatic rings. The summed E-state index contributed by atoms with van der Waals surface area (Å²) in [6.45, 7) is 3.83. The average molecular weight is 182 g/mol. The van der Waals surface area contributed by atoms with E-state index < -0.39 is 5.82 Å². The first kappa shape index (κ1) is 9.71. The summed E-state index contributed by atoms with van der Waals surface area (Å²) >= 11 is 0. The fraction of sp³-hybridized carbons (Fsp3) is 0.300. The second-order valence-corrected chi connectivity index (χ2v) is 2.69. The number of aryl methyl sites for hydroxylation is 1. The molecule has 0 aliphatic heterocycles. The maximum atomic E-state index is 13.1. The van der Waals surface area contributed by atoms with E-state index in [0.717, 1.165) is 0 Å². The van der Waals surface area contributed by atoms with Gasteiger partial charge in [0, 0.05) is 5.56 Å². The topological polar surface area (TPSA) is 26.3 Å². The largest absolute Gasteiger partial charge is 0.491 e. The maximum Gasteiger partial charge on any atom is 0.165 e. The van der Waals surface area contributed by atoms with Gasteiger partial charge in [0.2, 0.25) is 0 Å². The molecule has 0 bridgehead atoms. The Morgan fingerprint density at radius 2 is 2.23 bits per heavy atom. The minimum Gasteiger partial charge on any atom is -0.491 e. The van der Waals surface area contributed by atoms with Gasteiger partial charge >= 0.3 is 0 Å². The Balaban J connectivity index is 3.14. The van der Waals surface area contributed by atoms with E-state index >= 15 is 0 Å². The monoisotopic (exact) mass is 182 g/mol. The number of carbonyl (C=O) groups is 1. The third-order valence-electron chi connectivity index (χ3n) is 1.75. The van der Waals surface area contributed by atoms with E-state index in [4.69, 9.17) is 4.74 Å². The molecule has 0 atom stereocenters. The van der Waals surface area contributed by atoms with Crippen LogP contribution in [0.4, 0.5) is 4.39 Å². The molecular weight excluding hydrogens is 171 g/mol. The molecule has 3 heteroatoms. The fourth-order valence-electron chi connectivity index (χ4n) is 1.06. The van der Waals surface area contributed by atoms with E-state index in [-0.39, 0.29) is 5.75 Å². The van der Waals surface area contributed by atoms with Crippen molar-refractivity contribution in [3.05, 3.63) is 29.1 Å². The molecule has 0 radical (unpaired) electrons. The molecular formula is C10H11FO2. The molecule has 0 aliphatic carbocycles. The lowest BCUT2D eigenvalue weighted by Crippen LogP contribution is -1.97. The van der Waals surface area contributed by atoms with E-state index in [1.165, 1.54) is 12.1 Å². The summed E-state index contributed by atoms with van der Waals surface area (Å²) in [6, 6.07) is 2.72. The van der Waals surface area contributed by atoms with Crippen molar-refractivity contribution in [2.75, 3.05) is 6.61 Å². The minimum atomic E-state index is -0.426. The first-order chi connectivity index (χ1) is 6.19. The highest BCUT2D eigenvalue weighted by molar-refractivity contribution is 5.78. The van der Waals surface area contributed by atoms with Crippen LogP contribution in [0.3, 0.4) is 0 Å². The second kappa shape index (κ2) is 4.03. The smallest absolute Gasteiger partial charge is 0.165 e. The van der Waals surface area contributed by atoms with Crippen LogP contribution >= 0.6 is 0 Å². The van der Waals surface area contributed by atoms with Crippen LogP contribution in [0, 0.1) is 12.7 Å². The maximum absolute atomic E-state index is 13.1. The molecule has 0 amide bonds. The molecule has 0 saturated heterocycles. The van der Waals surface area contributed by atoms with Gasteiger partial charge in [0.05, 0.1) is 6.61 Å². The van der Waals surface area contributed by atoms with Gasteiger partial charge < -0.3 is 4.74 Å². The van der Waals surface area contributed by atoms with Crippen molar-refractivity contribution in [2.45, 2.75) is 13.8 Å². The second-order valence-electron chi connectivity index (χ2n) is 2.69. The van der Waals surface area contributed by atoms with Crippen molar-refractivity contribution in [3.8, 4) is 5.75 Å². The Hall–Kier alpha value is -1.38. The van der Waals surface area contributed by atoms with E-state index in [0.29, 0.717) is 24.0 Å². The molecule has 70 valence electrons. The van der Waals surface area contributed by atoms with Crippen LogP contribution in [0.5, 0.6) is 5.75 Å². The predicted octanol–water partition coefficient (Wildman–Crippen LogP) is 2.35. The van der Waals surface area contributed by atoms with Crippen LogP contribution in [0.1, 0.15) is 22.8 Å². The Labute approximate surface area is 76.3 Å². The van der Waals surface area contributed by atoms with Gasteiger partial charge in [0.25, 0.3) is 0 Å². The van der Waals surface area contributed by atoms with Gasteiger partial charge in [-0.05, 0) is 31.5 Å². The van der Waals surface area contributed by atoms with Gasteiger partial charge in [-0.2, -0.15) is 0 Å². The van der Waals surface area contributed by atoms with Crippen molar-refractivity contribution < 1.29 is 13.9 Å². The number of carbonyl (C=O) groups excluding carboxylic acids is 1. The van der Waals surface area contributed by atoms with Crippen molar-refractivity contribution in [1.82, 2.24) is 0 Å². The van der Waals surface area contributed by atoms with Crippen molar-refractivity contribution in [1.29, 1.82) is 0 Å². The Bertz CT molecular complexity index is 321. The number of ether oxygens (including phenoxy) is 1. The quantitative estimate of drug-likeness (QED) is 0.670. The van der Waals surface area contributed by atoms with Crippen LogP contribution in [0.2, 0.25) is 0 Å². The van der Waals surface area contributed by atoms with Crippen LogP contribution in [-0.4, -0.2) is 12.9 Å². The third kappa shape index (κ3) is 2.05. The summed E-state index contributed by atoms with van der Waals surface area (Å²) in [4.78, 5) is 10.5. The zero-order chi connectivity index (χ0) is 9.84. The Morgan fingerprint density at radius 3 is 2.77 bits per heavy atom. The molecule has 0 saturated carbocycles. The zero-order valence-corrected chi connectivity index (χ0v) is 7.63. The molecule has 13 heavy (non-hydrogen) atoms. The summed E-state index contributed by atoms with van der Waals surface area (Å²) in [7, 11) is 0. The number of benzene rings is 1. The first-order valence-electron chi connectivity index (χ1n) is 4.07. The summed E-state index contributed by atoms with van der Waals surface area (Å²) in [5.74, 6) is -0.292. The van der Waals surface area contributed by atoms with Crippen molar-refractivity contribution >= 4 is 6.29 Å². The third-order valence-corrected chi connectivity index (χ3v) is 1.75. The average Bonchev–Trinajstić information content (AvgIpc) is 2.10. The number of aldehydes is 1. The van der Waals surface area contributed by atoms with Gasteiger partial charge in [-0.3, -0.25) is 4.79 Å². The van der Waals surface area contributed by atoms with Crippen LogP contribution < -0.4 is 4.74 Å². The van der Waals surface area contributed by atoms with Gasteiger partial charge in [-0.1, -0.05) is 0 Å². The van der Waals surface area contributed by atoms with Gasteiger partial charge in [-0.25, -0.2) is 4.39 Å². The molecule has 2 nitrogen and oxygen atoms in total. The standard InChI is InChI=1S/C10H11FO2/c1-3-13-10-5-8(6-12)7(2)4-9(10)11/h4-6H,3H2,1-2H3. The molecule has 0 heterocycles. The van der Waals surface area contributed by atoms with E-state index in [9.17, 15) is 9.18 Å². The molecule has 0 N–H and O–H groups in total.